The molecule has 0 aliphatic rings. The number of hydrogen-bond donors (Lipinski definition) is 2. The lowest BCUT2D eigenvalue weighted by Gasteiger charge is -1.99. The first kappa shape index (κ1) is 11.3. The number of aliphatic imine (C=N–C) groups is 1. The van der Waals surface area contributed by atoms with Crippen LogP contribution in [0.1, 0.15) is 17.3 Å². The van der Waals surface area contributed by atoms with Crippen LogP contribution >= 0.6 is 0 Å². The summed E-state index contributed by atoms with van der Waals surface area (Å²) in [6, 6.07) is 0. The van der Waals surface area contributed by atoms with Crippen LogP contribution < -0.4 is 11.1 Å². The summed E-state index contributed by atoms with van der Waals surface area (Å²) < 4.78 is 5.35. The lowest BCUT2D eigenvalue weighted by molar-refractivity contribution is 0.473. The van der Waals surface area contributed by atoms with Gasteiger partial charge in [-0.25, -0.2) is 9.98 Å². The van der Waals surface area contributed by atoms with Crippen molar-refractivity contribution >= 4 is 5.96 Å². The van der Waals surface area contributed by atoms with Crippen molar-refractivity contribution in [2.24, 2.45) is 10.7 Å². The van der Waals surface area contributed by atoms with E-state index in [9.17, 15) is 0 Å². The Bertz CT molecular complexity index is 348. The molecule has 5 nitrogen and oxygen atoms in total. The first-order valence-corrected chi connectivity index (χ1v) is 4.71. The molecule has 15 heavy (non-hydrogen) atoms. The molecule has 82 valence electrons. The fraction of sp³-hybridized carbons (Fsp3) is 0.400. The van der Waals surface area contributed by atoms with Crippen molar-refractivity contribution in [3.63, 3.8) is 0 Å². The minimum atomic E-state index is 0.352. The minimum absolute atomic E-state index is 0.352. The third-order valence-corrected chi connectivity index (χ3v) is 1.89. The average Bonchev–Trinajstić information content (AvgIpc) is 2.52. The molecule has 0 fully saturated rings. The Morgan fingerprint density at radius 3 is 2.93 bits per heavy atom. The molecule has 5 heteroatoms. The Kier molecular flexibility index (Phi) is 3.91. The van der Waals surface area contributed by atoms with Gasteiger partial charge < -0.3 is 15.5 Å². The molecule has 0 aliphatic carbocycles. The minimum Gasteiger partial charge on any atom is -0.444 e. The van der Waals surface area contributed by atoms with Gasteiger partial charge in [0.05, 0.1) is 5.69 Å². The predicted octanol–water partition coefficient (Wildman–Crippen LogP) is 0.882. The monoisotopic (exact) mass is 208 g/mol. The number of hydrogen-bond acceptors (Lipinski definition) is 3. The normalized spacial score (nSPS) is 11.5. The van der Waals surface area contributed by atoms with E-state index in [0.29, 0.717) is 24.9 Å². The molecule has 3 N–H and O–H groups in total. The Balaban J connectivity index is 2.51. The van der Waals surface area contributed by atoms with Gasteiger partial charge in [-0.3, -0.25) is 0 Å². The van der Waals surface area contributed by atoms with Gasteiger partial charge in [0, 0.05) is 6.54 Å². The summed E-state index contributed by atoms with van der Waals surface area (Å²) in [4.78, 5) is 8.25. The van der Waals surface area contributed by atoms with Crippen LogP contribution in [0.15, 0.2) is 22.1 Å². The average molecular weight is 208 g/mol. The topological polar surface area (TPSA) is 76.4 Å². The summed E-state index contributed by atoms with van der Waals surface area (Å²) in [6.07, 6.45) is 1.71. The van der Waals surface area contributed by atoms with Crippen LogP contribution in [0, 0.1) is 13.8 Å². The fourth-order valence-electron chi connectivity index (χ4n) is 0.992. The first-order valence-electron chi connectivity index (χ1n) is 4.71. The maximum absolute atomic E-state index is 5.57. The summed E-state index contributed by atoms with van der Waals surface area (Å²) in [5.74, 6) is 1.76. The molecule has 0 saturated carbocycles. The van der Waals surface area contributed by atoms with Gasteiger partial charge in [0.15, 0.2) is 5.96 Å². The molecule has 0 bridgehead atoms. The molecule has 0 amide bonds. The molecule has 0 radical (unpaired) electrons. The summed E-state index contributed by atoms with van der Waals surface area (Å²) in [5, 5.41) is 2.86. The van der Waals surface area contributed by atoms with Crippen LogP contribution in [0.2, 0.25) is 0 Å². The summed E-state index contributed by atoms with van der Waals surface area (Å²) in [7, 11) is 0. The van der Waals surface area contributed by atoms with E-state index >= 15 is 0 Å². The van der Waals surface area contributed by atoms with Crippen LogP contribution in [-0.2, 0) is 6.54 Å². The van der Waals surface area contributed by atoms with Crippen LogP contribution in [0.4, 0.5) is 0 Å². The highest BCUT2D eigenvalue weighted by Crippen LogP contribution is 2.08. The van der Waals surface area contributed by atoms with Crippen LogP contribution in [0.3, 0.4) is 0 Å². The number of nitrogens with zero attached hydrogens (tertiary/aromatic N) is 2. The van der Waals surface area contributed by atoms with Gasteiger partial charge >= 0.3 is 0 Å². The highest BCUT2D eigenvalue weighted by Gasteiger charge is 2.03. The fourth-order valence-corrected chi connectivity index (χ4v) is 0.992. The van der Waals surface area contributed by atoms with E-state index in [4.69, 9.17) is 10.2 Å². The van der Waals surface area contributed by atoms with Crippen molar-refractivity contribution in [1.29, 1.82) is 0 Å². The highest BCUT2D eigenvalue weighted by molar-refractivity contribution is 5.77. The number of rotatable bonds is 4. The lowest BCUT2D eigenvalue weighted by Crippen LogP contribution is -2.31. The standard InChI is InChI=1S/C10H16N4O/c1-4-5-12-10(11)13-6-9-14-7(2)8(3)15-9/h4H,1,5-6H2,2-3H3,(H3,11,12,13). The number of guanidine groups is 1. The zero-order chi connectivity index (χ0) is 11.3. The van der Waals surface area contributed by atoms with E-state index in [0.717, 1.165) is 11.5 Å². The van der Waals surface area contributed by atoms with Crippen LogP contribution in [0.5, 0.6) is 0 Å². The van der Waals surface area contributed by atoms with Crippen LogP contribution in [-0.4, -0.2) is 17.5 Å². The van der Waals surface area contributed by atoms with Crippen molar-refractivity contribution in [2.45, 2.75) is 20.4 Å². The number of oxazole rings is 1. The van der Waals surface area contributed by atoms with E-state index in [1.165, 1.54) is 0 Å². The van der Waals surface area contributed by atoms with Crippen molar-refractivity contribution in [3.8, 4) is 0 Å². The van der Waals surface area contributed by atoms with Gasteiger partial charge in [0.1, 0.15) is 12.3 Å². The van der Waals surface area contributed by atoms with Crippen LogP contribution in [0.25, 0.3) is 0 Å². The first-order chi connectivity index (χ1) is 7.13. The van der Waals surface area contributed by atoms with Gasteiger partial charge in [0.2, 0.25) is 5.89 Å². The van der Waals surface area contributed by atoms with E-state index < -0.39 is 0 Å². The largest absolute Gasteiger partial charge is 0.444 e. The molecule has 1 heterocycles. The second-order valence-corrected chi connectivity index (χ2v) is 3.12. The number of nitrogens with one attached hydrogen (secondary N) is 1. The molecule has 0 aliphatic heterocycles. The third-order valence-electron chi connectivity index (χ3n) is 1.89. The van der Waals surface area contributed by atoms with E-state index in [1.807, 2.05) is 13.8 Å². The molecular formula is C10H16N4O. The van der Waals surface area contributed by atoms with Gasteiger partial charge in [-0.1, -0.05) is 6.08 Å². The lowest BCUT2D eigenvalue weighted by atomic mass is 10.4. The Labute approximate surface area is 89.1 Å². The van der Waals surface area contributed by atoms with Gasteiger partial charge in [-0.15, -0.1) is 6.58 Å². The number of aromatic nitrogens is 1. The van der Waals surface area contributed by atoms with E-state index in [-0.39, 0.29) is 0 Å². The molecular weight excluding hydrogens is 192 g/mol. The third kappa shape index (κ3) is 3.46. The predicted molar refractivity (Wildman–Crippen MR) is 59.5 cm³/mol. The maximum atomic E-state index is 5.57. The molecule has 1 aromatic heterocycles. The van der Waals surface area contributed by atoms with Crippen molar-refractivity contribution < 1.29 is 4.42 Å². The zero-order valence-corrected chi connectivity index (χ0v) is 9.08. The molecule has 0 aromatic carbocycles. The van der Waals surface area contributed by atoms with Crippen molar-refractivity contribution in [2.75, 3.05) is 6.54 Å². The van der Waals surface area contributed by atoms with Gasteiger partial charge in [-0.05, 0) is 13.8 Å². The molecule has 1 rings (SSSR count). The summed E-state index contributed by atoms with van der Waals surface area (Å²) >= 11 is 0. The molecule has 0 atom stereocenters. The maximum Gasteiger partial charge on any atom is 0.216 e. The SMILES string of the molecule is C=CCNC(N)=NCc1nc(C)c(C)o1. The molecule has 0 unspecified atom stereocenters. The van der Waals surface area contributed by atoms with Gasteiger partial charge in [0.25, 0.3) is 0 Å². The smallest absolute Gasteiger partial charge is 0.216 e. The van der Waals surface area contributed by atoms with Gasteiger partial charge in [-0.2, -0.15) is 0 Å². The number of nitrogens with two attached hydrogens (primary N) is 1. The van der Waals surface area contributed by atoms with E-state index in [1.54, 1.807) is 6.08 Å². The molecule has 0 spiro atoms. The molecule has 0 saturated heterocycles. The Morgan fingerprint density at radius 1 is 1.67 bits per heavy atom. The second-order valence-electron chi connectivity index (χ2n) is 3.12. The van der Waals surface area contributed by atoms with Crippen molar-refractivity contribution in [1.82, 2.24) is 10.3 Å². The molecule has 1 aromatic rings. The zero-order valence-electron chi connectivity index (χ0n) is 9.08. The van der Waals surface area contributed by atoms with E-state index in [2.05, 4.69) is 21.9 Å². The summed E-state index contributed by atoms with van der Waals surface area (Å²) in [5.41, 5.74) is 6.46. The number of aryl methyl sites for hydroxylation is 2. The highest BCUT2D eigenvalue weighted by atomic mass is 16.4. The Morgan fingerprint density at radius 2 is 2.40 bits per heavy atom. The quantitative estimate of drug-likeness (QED) is 0.437. The van der Waals surface area contributed by atoms with Crippen molar-refractivity contribution in [3.05, 3.63) is 30.0 Å². The second kappa shape index (κ2) is 5.19. The summed E-state index contributed by atoms with van der Waals surface area (Å²) in [6.45, 7) is 8.27. The Hall–Kier alpha value is -1.78.